The molecule has 8 saturated heterocycles. The first-order valence-corrected chi connectivity index (χ1v) is 41.3. The van der Waals surface area contributed by atoms with Gasteiger partial charge in [0, 0.05) is 6.92 Å². The second kappa shape index (κ2) is 35.8. The van der Waals surface area contributed by atoms with Crippen LogP contribution in [-0.4, -0.2) is 404 Å². The molecule has 0 radical (unpaired) electrons. The van der Waals surface area contributed by atoms with E-state index in [1.807, 2.05) is 13.8 Å². The first kappa shape index (κ1) is 94.0. The number of carboxylic acids is 1. The molecule has 48 unspecified atom stereocenters. The van der Waals surface area contributed by atoms with Crippen molar-refractivity contribution in [2.24, 2.45) is 50.2 Å². The molecule has 42 nitrogen and oxygen atoms in total. The second-order valence-corrected chi connectivity index (χ2v) is 36.9. The largest absolute Gasteiger partial charge is 0.479 e. The monoisotopic (exact) mass is 1730 g/mol. The van der Waals surface area contributed by atoms with Crippen molar-refractivity contribution in [1.82, 2.24) is 0 Å². The second-order valence-electron chi connectivity index (χ2n) is 36.9. The van der Waals surface area contributed by atoms with Crippen LogP contribution in [0.1, 0.15) is 127 Å². The Bertz CT molecular complexity index is 3580. The van der Waals surface area contributed by atoms with Crippen molar-refractivity contribution < 1.29 is 207 Å². The number of aliphatic carboxylic acids is 1. The molecular formula is C78H122O42. The molecule has 8 aliphatic heterocycles. The highest BCUT2D eigenvalue weighted by Crippen LogP contribution is 2.76. The number of ether oxygens (including phenoxy) is 17. The molecule has 0 aromatic rings. The van der Waals surface area contributed by atoms with Crippen LogP contribution < -0.4 is 0 Å². The van der Waals surface area contributed by atoms with Gasteiger partial charge in [-0.2, -0.15) is 0 Å². The fourth-order valence-corrected chi connectivity index (χ4v) is 22.0. The lowest BCUT2D eigenvalue weighted by Crippen LogP contribution is -2.70. The summed E-state index contributed by atoms with van der Waals surface area (Å²) in [7, 11) is 0. The number of hydrogen-bond acceptors (Lipinski definition) is 41. The zero-order chi connectivity index (χ0) is 87.8. The number of allylic oxidation sites excluding steroid dienone is 2. The van der Waals surface area contributed by atoms with E-state index >= 15 is 4.79 Å². The summed E-state index contributed by atoms with van der Waals surface area (Å²) < 4.78 is 105. The maximum absolute atomic E-state index is 16.5. The van der Waals surface area contributed by atoms with Crippen LogP contribution >= 0.6 is 0 Å². The molecular weight excluding hydrogens is 1610 g/mol. The van der Waals surface area contributed by atoms with Gasteiger partial charge in [0.25, 0.3) is 0 Å². The van der Waals surface area contributed by atoms with Gasteiger partial charge in [-0.25, -0.2) is 4.79 Å². The van der Waals surface area contributed by atoms with E-state index in [9.17, 15) is 122 Å². The molecule has 42 heteroatoms. The summed E-state index contributed by atoms with van der Waals surface area (Å²) in [4.78, 5) is 57.4. The Morgan fingerprint density at radius 2 is 0.925 bits per heavy atom. The van der Waals surface area contributed by atoms with E-state index in [0.29, 0.717) is 32.1 Å². The molecule has 13 aliphatic rings. The van der Waals surface area contributed by atoms with Crippen molar-refractivity contribution in [3.05, 3.63) is 11.6 Å². The van der Waals surface area contributed by atoms with Gasteiger partial charge >= 0.3 is 17.9 Å². The fraction of sp³-hybridized carbons (Fsp3) is 0.923. The van der Waals surface area contributed by atoms with Crippen molar-refractivity contribution in [2.75, 3.05) is 26.4 Å². The van der Waals surface area contributed by atoms with Crippen LogP contribution in [-0.2, 0) is 99.7 Å². The summed E-state index contributed by atoms with van der Waals surface area (Å²) in [5.41, 5.74) is -5.59. The number of esters is 2. The SMILES string of the molecule is CC(=O)OC1C(C)OC(OC(=O)C23CCC(C)(C)CC2C2=CCC4C5(C)CCC(OC6OC(C(=O)O)C(O)C(OC7OCC(O)C(O)C7O)C6OC6OC(CO)C(O)C(O)C6O)C(C)(C=O)C5CCC4(C)C2(C)CC3O)C(OC2OC(C)C(OC3OCC(O)C(O)C3O)C(OC3OC(CO)C(O)C(O)C3O)C2O)C1OC1OC(C)C(O)C(O)C1O. The Labute approximate surface area is 689 Å². The number of aldehydes is 1. The first-order chi connectivity index (χ1) is 56.3. The average Bonchev–Trinajstić information content (AvgIpc) is 0.668. The third-order valence-electron chi connectivity index (χ3n) is 29.2. The Morgan fingerprint density at radius 3 is 1.48 bits per heavy atom. The highest BCUT2D eigenvalue weighted by molar-refractivity contribution is 5.80. The van der Waals surface area contributed by atoms with Gasteiger partial charge in [-0.3, -0.25) is 9.59 Å². The smallest absolute Gasteiger partial charge is 0.335 e. The van der Waals surface area contributed by atoms with Crippen LogP contribution in [0, 0.1) is 50.2 Å². The van der Waals surface area contributed by atoms with E-state index in [-0.39, 0.29) is 31.6 Å². The first-order valence-electron chi connectivity index (χ1n) is 41.3. The van der Waals surface area contributed by atoms with E-state index in [1.54, 1.807) is 6.92 Å². The molecule has 0 spiro atoms. The van der Waals surface area contributed by atoms with E-state index < -0.39 is 334 Å². The predicted octanol–water partition coefficient (Wildman–Crippen LogP) is -7.56. The molecule has 21 N–H and O–H groups in total. The summed E-state index contributed by atoms with van der Waals surface area (Å²) in [5.74, 6) is -5.46. The Hall–Kier alpha value is -3.58. The summed E-state index contributed by atoms with van der Waals surface area (Å²) in [6, 6.07) is 0. The predicted molar refractivity (Wildman–Crippen MR) is 389 cm³/mol. The minimum atomic E-state index is -2.28. The quantitative estimate of drug-likeness (QED) is 0.0220. The number of carbonyl (C=O) groups excluding carboxylic acids is 3. The zero-order valence-corrected chi connectivity index (χ0v) is 68.1. The van der Waals surface area contributed by atoms with Crippen LogP contribution in [0.4, 0.5) is 0 Å². The number of carboxylic acid groups (broad SMARTS) is 1. The Morgan fingerprint density at radius 1 is 0.450 bits per heavy atom. The summed E-state index contributed by atoms with van der Waals surface area (Å²) in [6.45, 7) is 14.1. The number of fused-ring (bicyclic) bond motifs is 7. The molecule has 0 aromatic carbocycles. The van der Waals surface area contributed by atoms with Crippen LogP contribution in [0.25, 0.3) is 0 Å². The standard InChI is InChI=1S/C78H122O42/c1-26-40(86)45(91)50(96)66(106-26)117-60-56(109-29(4)82)28(3)108-70(62(60)119-69-54(100)58(115-67-51(97)46(92)43(89)34(21-79)110-67)55(27(2)107-69)113-64-48(94)41(87)32(83)23-104-64)120-72(103)78-18-17-73(5,6)19-31(78)30-11-12-37-74(7)15-14-39(75(8,25-81)36(74)13-16-76(37,9)77(30,10)20-38(78)85)112-71-61(118-68-52(98)47(93)44(90)35(22-80)111-68)57(53(99)59(116-71)63(101)102)114-65-49(95)42(88)33(84)24-105-65/h11,25-28,31-62,64-71,79-80,83-100H,12-24H2,1-10H3,(H,101,102). The highest BCUT2D eigenvalue weighted by Gasteiger charge is 2.74. The molecule has 0 aromatic heterocycles. The summed E-state index contributed by atoms with van der Waals surface area (Å²) in [6.07, 6.45) is -70.1. The molecule has 686 valence electrons. The van der Waals surface area contributed by atoms with Gasteiger partial charge in [-0.15, -0.1) is 0 Å². The third kappa shape index (κ3) is 16.5. The number of aliphatic hydroxyl groups is 20. The maximum atomic E-state index is 16.5. The minimum absolute atomic E-state index is 0.00142. The van der Waals surface area contributed by atoms with Gasteiger partial charge in [0.2, 0.25) is 6.29 Å². The van der Waals surface area contributed by atoms with Crippen molar-refractivity contribution in [3.8, 4) is 0 Å². The minimum Gasteiger partial charge on any atom is -0.479 e. The molecule has 13 rings (SSSR count). The molecule has 5 aliphatic carbocycles. The molecule has 12 fully saturated rings. The Kier molecular flexibility index (Phi) is 28.1. The number of aliphatic hydroxyl groups excluding tert-OH is 20. The lowest BCUT2D eigenvalue weighted by Gasteiger charge is -2.71. The topological polar surface area (TPSA) is 650 Å². The van der Waals surface area contributed by atoms with Gasteiger partial charge in [-0.1, -0.05) is 53.2 Å². The van der Waals surface area contributed by atoms with Gasteiger partial charge in [0.1, 0.15) is 158 Å². The third-order valence-corrected chi connectivity index (χ3v) is 29.2. The van der Waals surface area contributed by atoms with Crippen molar-refractivity contribution in [1.29, 1.82) is 0 Å². The van der Waals surface area contributed by atoms with Gasteiger partial charge in [-0.05, 0) is 118 Å². The van der Waals surface area contributed by atoms with Gasteiger partial charge in [0.05, 0.1) is 62.4 Å². The van der Waals surface area contributed by atoms with Crippen LogP contribution in [0.5, 0.6) is 0 Å². The molecule has 8 heterocycles. The molecule has 120 heavy (non-hydrogen) atoms. The number of carbonyl (C=O) groups is 4. The van der Waals surface area contributed by atoms with Crippen LogP contribution in [0.15, 0.2) is 11.6 Å². The van der Waals surface area contributed by atoms with Crippen molar-refractivity contribution in [3.63, 3.8) is 0 Å². The Balaban J connectivity index is 0.824. The fourth-order valence-electron chi connectivity index (χ4n) is 22.0. The normalized spacial score (nSPS) is 54.1. The van der Waals surface area contributed by atoms with E-state index in [4.69, 9.17) is 80.5 Å². The zero-order valence-electron chi connectivity index (χ0n) is 68.1. The molecule has 48 atom stereocenters. The highest BCUT2D eigenvalue weighted by atomic mass is 16.8. The number of hydrogen-bond donors (Lipinski definition) is 21. The van der Waals surface area contributed by atoms with E-state index in [0.717, 1.165) is 18.8 Å². The summed E-state index contributed by atoms with van der Waals surface area (Å²) >= 11 is 0. The summed E-state index contributed by atoms with van der Waals surface area (Å²) in [5, 5.41) is 233. The van der Waals surface area contributed by atoms with Gasteiger partial charge < -0.3 is 193 Å². The average molecular weight is 1730 g/mol. The van der Waals surface area contributed by atoms with E-state index in [1.165, 1.54) is 20.8 Å². The van der Waals surface area contributed by atoms with Crippen molar-refractivity contribution >= 4 is 24.2 Å². The lowest BCUT2D eigenvalue weighted by molar-refractivity contribution is -0.403. The molecule has 0 bridgehead atoms. The van der Waals surface area contributed by atoms with Gasteiger partial charge in [0.15, 0.2) is 62.3 Å². The van der Waals surface area contributed by atoms with Crippen LogP contribution in [0.2, 0.25) is 0 Å². The molecule has 0 amide bonds. The molecule has 4 saturated carbocycles. The number of rotatable bonds is 21. The lowest BCUT2D eigenvalue weighted by atomic mass is 9.33. The maximum Gasteiger partial charge on any atom is 0.335 e. The van der Waals surface area contributed by atoms with E-state index in [2.05, 4.69) is 26.8 Å². The van der Waals surface area contributed by atoms with Crippen molar-refractivity contribution in [2.45, 2.75) is 373 Å². The van der Waals surface area contributed by atoms with Crippen LogP contribution in [0.3, 0.4) is 0 Å².